The predicted molar refractivity (Wildman–Crippen MR) is 77.3 cm³/mol. The van der Waals surface area contributed by atoms with Gasteiger partial charge in [0, 0.05) is 22.6 Å². The molecule has 2 aromatic rings. The molecule has 0 saturated carbocycles. The van der Waals surface area contributed by atoms with E-state index in [4.69, 9.17) is 4.74 Å². The summed E-state index contributed by atoms with van der Waals surface area (Å²) in [7, 11) is 1.58. The second-order valence-corrected chi connectivity index (χ2v) is 4.94. The number of hydrogen-bond donors (Lipinski definition) is 0. The summed E-state index contributed by atoms with van der Waals surface area (Å²) < 4.78 is 5.06. The number of nitro benzene ring substituents is 1. The van der Waals surface area contributed by atoms with Crippen LogP contribution in [0.25, 0.3) is 6.08 Å². The number of nitrogens with zero attached hydrogens (tertiary/aromatic N) is 1. The highest BCUT2D eigenvalue weighted by atomic mass is 32.1. The molecule has 0 bridgehead atoms. The summed E-state index contributed by atoms with van der Waals surface area (Å²) in [4.78, 5) is 22.8. The molecule has 0 N–H and O–H groups in total. The highest BCUT2D eigenvalue weighted by Crippen LogP contribution is 2.25. The molecule has 0 spiro atoms. The number of thiophene rings is 1. The smallest absolute Gasteiger partial charge is 0.269 e. The van der Waals surface area contributed by atoms with Crippen LogP contribution in [0.15, 0.2) is 42.5 Å². The number of ether oxygens (including phenoxy) is 1. The van der Waals surface area contributed by atoms with Crippen LogP contribution in [0.3, 0.4) is 0 Å². The van der Waals surface area contributed by atoms with Gasteiger partial charge in [0.15, 0.2) is 10.8 Å². The Morgan fingerprint density at radius 3 is 2.50 bits per heavy atom. The van der Waals surface area contributed by atoms with E-state index in [9.17, 15) is 14.9 Å². The van der Waals surface area contributed by atoms with Gasteiger partial charge >= 0.3 is 0 Å². The molecule has 20 heavy (non-hydrogen) atoms. The van der Waals surface area contributed by atoms with E-state index in [1.807, 2.05) is 12.1 Å². The fourth-order valence-corrected chi connectivity index (χ4v) is 2.26. The zero-order valence-corrected chi connectivity index (χ0v) is 11.4. The van der Waals surface area contributed by atoms with Crippen LogP contribution >= 0.6 is 11.3 Å². The standard InChI is InChI=1S/C14H11NO4S/c1-19-14-9-7-12(20-14)6-8-13(16)10-2-4-11(5-3-10)15(17)18/h2-9H,1H3/b8-6+. The van der Waals surface area contributed by atoms with Crippen molar-refractivity contribution >= 4 is 28.9 Å². The third kappa shape index (κ3) is 3.30. The fourth-order valence-electron chi connectivity index (χ4n) is 1.54. The number of benzene rings is 1. The zero-order valence-electron chi connectivity index (χ0n) is 10.6. The van der Waals surface area contributed by atoms with Gasteiger partial charge in [-0.3, -0.25) is 14.9 Å². The lowest BCUT2D eigenvalue weighted by Crippen LogP contribution is -1.94. The van der Waals surface area contributed by atoms with E-state index in [0.717, 1.165) is 9.94 Å². The maximum absolute atomic E-state index is 11.9. The van der Waals surface area contributed by atoms with Gasteiger partial charge in [-0.1, -0.05) is 11.3 Å². The van der Waals surface area contributed by atoms with Crippen molar-refractivity contribution in [3.63, 3.8) is 0 Å². The Morgan fingerprint density at radius 2 is 1.95 bits per heavy atom. The molecular formula is C14H11NO4S. The van der Waals surface area contributed by atoms with Crippen LogP contribution in [-0.2, 0) is 0 Å². The first-order valence-corrected chi connectivity index (χ1v) is 6.52. The second kappa shape index (κ2) is 6.12. The fraction of sp³-hybridized carbons (Fsp3) is 0.0714. The molecule has 6 heteroatoms. The predicted octanol–water partition coefficient (Wildman–Crippen LogP) is 3.56. The van der Waals surface area contributed by atoms with Crippen molar-refractivity contribution in [1.29, 1.82) is 0 Å². The van der Waals surface area contributed by atoms with E-state index < -0.39 is 4.92 Å². The molecule has 5 nitrogen and oxygen atoms in total. The normalized spacial score (nSPS) is 10.7. The molecule has 0 aliphatic rings. The highest BCUT2D eigenvalue weighted by Gasteiger charge is 2.07. The van der Waals surface area contributed by atoms with E-state index in [1.165, 1.54) is 41.7 Å². The summed E-state index contributed by atoms with van der Waals surface area (Å²) in [5, 5.41) is 11.3. The molecule has 1 aromatic heterocycles. The molecule has 0 amide bonds. The molecule has 1 heterocycles. The quantitative estimate of drug-likeness (QED) is 0.365. The monoisotopic (exact) mass is 289 g/mol. The average Bonchev–Trinajstić information content (AvgIpc) is 2.93. The zero-order chi connectivity index (χ0) is 14.5. The topological polar surface area (TPSA) is 69.4 Å². The Bertz CT molecular complexity index is 658. The number of rotatable bonds is 5. The lowest BCUT2D eigenvalue weighted by atomic mass is 10.1. The Morgan fingerprint density at radius 1 is 1.25 bits per heavy atom. The molecule has 1 aromatic carbocycles. The second-order valence-electron chi connectivity index (χ2n) is 3.86. The Kier molecular flexibility index (Phi) is 4.27. The van der Waals surface area contributed by atoms with E-state index in [2.05, 4.69) is 0 Å². The first-order chi connectivity index (χ1) is 9.60. The first-order valence-electron chi connectivity index (χ1n) is 5.71. The minimum atomic E-state index is -0.498. The van der Waals surface area contributed by atoms with Gasteiger partial charge in [-0.25, -0.2) is 0 Å². The van der Waals surface area contributed by atoms with Gasteiger partial charge in [-0.15, -0.1) is 0 Å². The number of carbonyl (C=O) groups excluding carboxylic acids is 1. The van der Waals surface area contributed by atoms with Crippen LogP contribution in [0.5, 0.6) is 5.06 Å². The number of ketones is 1. The summed E-state index contributed by atoms with van der Waals surface area (Å²) in [6.07, 6.45) is 3.13. The van der Waals surface area contributed by atoms with Crippen molar-refractivity contribution in [2.75, 3.05) is 7.11 Å². The third-order valence-corrected chi connectivity index (χ3v) is 3.58. The number of methoxy groups -OCH3 is 1. The minimum absolute atomic E-state index is 0.0338. The van der Waals surface area contributed by atoms with Crippen LogP contribution in [0.1, 0.15) is 15.2 Å². The van der Waals surface area contributed by atoms with Crippen molar-refractivity contribution in [2.24, 2.45) is 0 Å². The lowest BCUT2D eigenvalue weighted by Gasteiger charge is -1.95. The summed E-state index contributed by atoms with van der Waals surface area (Å²) in [6, 6.07) is 9.19. The molecule has 0 unspecified atom stereocenters. The SMILES string of the molecule is COc1ccc(/C=C/C(=O)c2ccc([N+](=O)[O-])cc2)s1. The Labute approximate surface area is 119 Å². The van der Waals surface area contributed by atoms with Crippen LogP contribution in [-0.4, -0.2) is 17.8 Å². The van der Waals surface area contributed by atoms with Crippen LogP contribution in [0.4, 0.5) is 5.69 Å². The summed E-state index contributed by atoms with van der Waals surface area (Å²) in [5.74, 6) is -0.202. The summed E-state index contributed by atoms with van der Waals surface area (Å²) >= 11 is 1.43. The maximum Gasteiger partial charge on any atom is 0.269 e. The van der Waals surface area contributed by atoms with Crippen LogP contribution < -0.4 is 4.74 Å². The van der Waals surface area contributed by atoms with Crippen molar-refractivity contribution < 1.29 is 14.5 Å². The number of carbonyl (C=O) groups is 1. The van der Waals surface area contributed by atoms with E-state index in [-0.39, 0.29) is 11.5 Å². The first kappa shape index (κ1) is 14.0. The van der Waals surface area contributed by atoms with Gasteiger partial charge in [0.1, 0.15) is 0 Å². The van der Waals surface area contributed by atoms with Gasteiger partial charge in [-0.2, -0.15) is 0 Å². The molecule has 0 fully saturated rings. The summed E-state index contributed by atoms with van der Waals surface area (Å²) in [6.45, 7) is 0. The maximum atomic E-state index is 11.9. The lowest BCUT2D eigenvalue weighted by molar-refractivity contribution is -0.384. The largest absolute Gasteiger partial charge is 0.487 e. The molecule has 0 aliphatic carbocycles. The molecular weight excluding hydrogens is 278 g/mol. The molecule has 102 valence electrons. The van der Waals surface area contributed by atoms with E-state index >= 15 is 0 Å². The highest BCUT2D eigenvalue weighted by molar-refractivity contribution is 7.14. The average molecular weight is 289 g/mol. The summed E-state index contributed by atoms with van der Waals surface area (Å²) in [5.41, 5.74) is 0.379. The Hall–Kier alpha value is -2.47. The van der Waals surface area contributed by atoms with Crippen molar-refractivity contribution in [3.8, 4) is 5.06 Å². The third-order valence-electron chi connectivity index (χ3n) is 2.56. The van der Waals surface area contributed by atoms with Gasteiger partial charge in [0.25, 0.3) is 5.69 Å². The van der Waals surface area contributed by atoms with Gasteiger partial charge in [0.05, 0.1) is 12.0 Å². The van der Waals surface area contributed by atoms with E-state index in [0.29, 0.717) is 5.56 Å². The van der Waals surface area contributed by atoms with Crippen molar-refractivity contribution in [2.45, 2.75) is 0 Å². The molecule has 0 radical (unpaired) electrons. The Balaban J connectivity index is 2.09. The molecule has 0 aliphatic heterocycles. The van der Waals surface area contributed by atoms with Gasteiger partial charge in [0.2, 0.25) is 0 Å². The van der Waals surface area contributed by atoms with Crippen LogP contribution in [0, 0.1) is 10.1 Å². The van der Waals surface area contributed by atoms with E-state index in [1.54, 1.807) is 13.2 Å². The number of allylic oxidation sites excluding steroid dienone is 1. The van der Waals surface area contributed by atoms with Crippen LogP contribution in [0.2, 0.25) is 0 Å². The molecule has 0 saturated heterocycles. The number of nitro groups is 1. The number of hydrogen-bond acceptors (Lipinski definition) is 5. The molecule has 2 rings (SSSR count). The minimum Gasteiger partial charge on any atom is -0.487 e. The van der Waals surface area contributed by atoms with Crippen molar-refractivity contribution in [1.82, 2.24) is 0 Å². The van der Waals surface area contributed by atoms with Gasteiger partial charge in [-0.05, 0) is 36.4 Å². The number of non-ortho nitro benzene ring substituents is 1. The van der Waals surface area contributed by atoms with Gasteiger partial charge < -0.3 is 4.74 Å². The van der Waals surface area contributed by atoms with Crippen molar-refractivity contribution in [3.05, 3.63) is 63.0 Å². The molecule has 0 atom stereocenters.